The predicted octanol–water partition coefficient (Wildman–Crippen LogP) is 5.51. The average molecular weight is 370 g/mol. The second kappa shape index (κ2) is 11.0. The van der Waals surface area contributed by atoms with Crippen molar-refractivity contribution in [3.05, 3.63) is 60.2 Å². The number of hydrogen-bond acceptors (Lipinski definition) is 3. The maximum atomic E-state index is 9.72. The molecule has 1 saturated heterocycles. The molecule has 0 radical (unpaired) electrons. The summed E-state index contributed by atoms with van der Waals surface area (Å²) in [5, 5.41) is 9.72. The van der Waals surface area contributed by atoms with Crippen molar-refractivity contribution in [1.29, 1.82) is 0 Å². The lowest BCUT2D eigenvalue weighted by Gasteiger charge is -2.36. The molecule has 2 rings (SSSR count). The maximum absolute atomic E-state index is 9.72. The van der Waals surface area contributed by atoms with Crippen molar-refractivity contribution in [2.45, 2.75) is 52.0 Å². The molecule has 1 aromatic carbocycles. The number of methoxy groups -OCH3 is 1. The van der Waals surface area contributed by atoms with Crippen molar-refractivity contribution in [2.24, 2.45) is 5.92 Å². The van der Waals surface area contributed by atoms with Crippen LogP contribution >= 0.6 is 0 Å². The number of phenols is 1. The van der Waals surface area contributed by atoms with Crippen LogP contribution in [0, 0.1) is 5.92 Å². The number of hydrogen-bond donors (Lipinski definition) is 1. The molecule has 27 heavy (non-hydrogen) atoms. The first-order valence-corrected chi connectivity index (χ1v) is 10.1. The molecule has 1 heterocycles. The van der Waals surface area contributed by atoms with Crippen LogP contribution in [0.5, 0.6) is 11.5 Å². The van der Waals surface area contributed by atoms with E-state index in [9.17, 15) is 5.11 Å². The van der Waals surface area contributed by atoms with Gasteiger partial charge >= 0.3 is 0 Å². The fourth-order valence-electron chi connectivity index (χ4n) is 3.92. The Morgan fingerprint density at radius 3 is 2.74 bits per heavy atom. The fraction of sp³-hybridized carbons (Fsp3) is 0.500. The van der Waals surface area contributed by atoms with Gasteiger partial charge in [-0.25, -0.2) is 0 Å². The van der Waals surface area contributed by atoms with Crippen LogP contribution in [0.3, 0.4) is 0 Å². The van der Waals surface area contributed by atoms with Crippen LogP contribution in [0.2, 0.25) is 0 Å². The number of benzene rings is 1. The van der Waals surface area contributed by atoms with Crippen LogP contribution in [0.1, 0.15) is 45.1 Å². The molecule has 1 aliphatic rings. The van der Waals surface area contributed by atoms with Gasteiger partial charge in [-0.15, -0.1) is 0 Å². The highest BCUT2D eigenvalue weighted by atomic mass is 16.5. The van der Waals surface area contributed by atoms with Gasteiger partial charge in [-0.2, -0.15) is 0 Å². The highest BCUT2D eigenvalue weighted by Gasteiger charge is 2.23. The highest BCUT2D eigenvalue weighted by molar-refractivity contribution is 5.41. The van der Waals surface area contributed by atoms with Crippen LogP contribution < -0.4 is 4.74 Å². The number of aryl methyl sites for hydroxylation is 1. The van der Waals surface area contributed by atoms with Crippen molar-refractivity contribution in [3.8, 4) is 11.5 Å². The minimum Gasteiger partial charge on any atom is -0.504 e. The lowest BCUT2D eigenvalue weighted by atomic mass is 9.88. The van der Waals surface area contributed by atoms with E-state index in [0.717, 1.165) is 25.2 Å². The number of likely N-dealkylation sites (tertiary alicyclic amines) is 1. The first kappa shape index (κ1) is 21.3. The molecule has 1 aromatic rings. The average Bonchev–Trinajstić information content (AvgIpc) is 2.68. The molecule has 148 valence electrons. The zero-order chi connectivity index (χ0) is 19.6. The normalized spacial score (nSPS) is 18.0. The SMILES string of the molecule is C=C/C=C(\C=C/C)CC1CCN(C(C)CCc2ccc(O)c(OC)c2)CC1. The van der Waals surface area contributed by atoms with Gasteiger partial charge < -0.3 is 14.7 Å². The molecule has 0 aromatic heterocycles. The summed E-state index contributed by atoms with van der Waals surface area (Å²) in [6.45, 7) is 10.6. The van der Waals surface area contributed by atoms with Crippen molar-refractivity contribution >= 4 is 0 Å². The van der Waals surface area contributed by atoms with Gasteiger partial charge in [0.05, 0.1) is 7.11 Å². The van der Waals surface area contributed by atoms with Gasteiger partial charge in [-0.3, -0.25) is 0 Å². The molecular formula is C24H35NO2. The lowest BCUT2D eigenvalue weighted by Crippen LogP contribution is -2.40. The fourth-order valence-corrected chi connectivity index (χ4v) is 3.92. The Kier molecular flexibility index (Phi) is 8.66. The Morgan fingerprint density at radius 1 is 1.37 bits per heavy atom. The van der Waals surface area contributed by atoms with E-state index in [0.29, 0.717) is 11.8 Å². The van der Waals surface area contributed by atoms with Crippen LogP contribution in [-0.2, 0) is 6.42 Å². The second-order valence-corrected chi connectivity index (χ2v) is 7.55. The third-order valence-electron chi connectivity index (χ3n) is 5.60. The van der Waals surface area contributed by atoms with Gasteiger partial charge in [0.2, 0.25) is 0 Å². The molecular weight excluding hydrogens is 334 g/mol. The number of piperidine rings is 1. The van der Waals surface area contributed by atoms with Crippen LogP contribution in [-0.4, -0.2) is 36.2 Å². The Morgan fingerprint density at radius 2 is 2.11 bits per heavy atom. The molecule has 1 N–H and O–H groups in total. The van der Waals surface area contributed by atoms with Gasteiger partial charge in [-0.05, 0) is 88.2 Å². The number of phenolic OH excluding ortho intramolecular Hbond substituents is 1. The predicted molar refractivity (Wildman–Crippen MR) is 114 cm³/mol. The molecule has 0 spiro atoms. The highest BCUT2D eigenvalue weighted by Crippen LogP contribution is 2.29. The number of aromatic hydroxyl groups is 1. The second-order valence-electron chi connectivity index (χ2n) is 7.55. The van der Waals surface area contributed by atoms with E-state index in [4.69, 9.17) is 4.74 Å². The van der Waals surface area contributed by atoms with Gasteiger partial charge in [-0.1, -0.05) is 36.9 Å². The third kappa shape index (κ3) is 6.59. The first-order chi connectivity index (χ1) is 13.1. The van der Waals surface area contributed by atoms with Crippen molar-refractivity contribution < 1.29 is 9.84 Å². The summed E-state index contributed by atoms with van der Waals surface area (Å²) in [6.07, 6.45) is 14.2. The summed E-state index contributed by atoms with van der Waals surface area (Å²) < 4.78 is 5.21. The number of rotatable bonds is 9. The molecule has 1 aliphatic heterocycles. The van der Waals surface area contributed by atoms with Crippen molar-refractivity contribution in [2.75, 3.05) is 20.2 Å². The summed E-state index contributed by atoms with van der Waals surface area (Å²) >= 11 is 0. The standard InChI is InChI=1S/C24H35NO2/c1-5-7-20(8-6-2)17-22-13-15-25(16-14-22)19(3)9-10-21-11-12-23(26)24(18-21)27-4/h5-8,11-12,18-19,22,26H,1,9-10,13-17H2,2-4H3/b8-6-,20-7+. The molecule has 0 bridgehead atoms. The minimum absolute atomic E-state index is 0.208. The molecule has 0 aliphatic carbocycles. The Balaban J connectivity index is 1.80. The summed E-state index contributed by atoms with van der Waals surface area (Å²) in [4.78, 5) is 2.63. The van der Waals surface area contributed by atoms with Gasteiger partial charge in [0.1, 0.15) is 0 Å². The van der Waals surface area contributed by atoms with E-state index in [1.807, 2.05) is 18.2 Å². The van der Waals surface area contributed by atoms with E-state index in [1.54, 1.807) is 13.2 Å². The van der Waals surface area contributed by atoms with E-state index in [-0.39, 0.29) is 5.75 Å². The molecule has 3 heteroatoms. The summed E-state index contributed by atoms with van der Waals surface area (Å²) in [5.41, 5.74) is 2.61. The van der Waals surface area contributed by atoms with Gasteiger partial charge in [0, 0.05) is 6.04 Å². The summed E-state index contributed by atoms with van der Waals surface area (Å²) in [6, 6.07) is 6.24. The first-order valence-electron chi connectivity index (χ1n) is 10.1. The molecule has 1 atom stereocenters. The van der Waals surface area contributed by atoms with Crippen LogP contribution in [0.4, 0.5) is 0 Å². The van der Waals surface area contributed by atoms with Crippen molar-refractivity contribution in [3.63, 3.8) is 0 Å². The number of nitrogens with zero attached hydrogens (tertiary/aromatic N) is 1. The smallest absolute Gasteiger partial charge is 0.160 e. The van der Waals surface area contributed by atoms with Crippen molar-refractivity contribution in [1.82, 2.24) is 4.90 Å². The van der Waals surface area contributed by atoms with E-state index >= 15 is 0 Å². The monoisotopic (exact) mass is 369 g/mol. The number of ether oxygens (including phenoxy) is 1. The van der Waals surface area contributed by atoms with Crippen LogP contribution in [0.25, 0.3) is 0 Å². The lowest BCUT2D eigenvalue weighted by molar-refractivity contribution is 0.135. The van der Waals surface area contributed by atoms with Gasteiger partial charge in [0.25, 0.3) is 0 Å². The Hall–Kier alpha value is -2.00. The molecule has 0 amide bonds. The van der Waals surface area contributed by atoms with E-state index in [2.05, 4.69) is 43.6 Å². The topological polar surface area (TPSA) is 32.7 Å². The zero-order valence-electron chi connectivity index (χ0n) is 17.2. The van der Waals surface area contributed by atoms with Crippen LogP contribution in [0.15, 0.2) is 54.7 Å². The maximum Gasteiger partial charge on any atom is 0.160 e. The molecule has 0 saturated carbocycles. The molecule has 1 unspecified atom stereocenters. The molecule has 1 fully saturated rings. The zero-order valence-corrected chi connectivity index (χ0v) is 17.2. The van der Waals surface area contributed by atoms with Gasteiger partial charge in [0.15, 0.2) is 11.5 Å². The largest absolute Gasteiger partial charge is 0.504 e. The molecule has 3 nitrogen and oxygen atoms in total. The third-order valence-corrected chi connectivity index (χ3v) is 5.60. The Bertz CT molecular complexity index is 654. The van der Waals surface area contributed by atoms with E-state index in [1.165, 1.54) is 37.1 Å². The Labute approximate surface area is 165 Å². The summed E-state index contributed by atoms with van der Waals surface area (Å²) in [7, 11) is 1.59. The summed E-state index contributed by atoms with van der Waals surface area (Å²) in [5.74, 6) is 1.54. The minimum atomic E-state index is 0.208. The quantitative estimate of drug-likeness (QED) is 0.582. The number of allylic oxidation sites excluding steroid dienone is 5. The van der Waals surface area contributed by atoms with E-state index < -0.39 is 0 Å².